The predicted octanol–water partition coefficient (Wildman–Crippen LogP) is -2.05. The van der Waals surface area contributed by atoms with Gasteiger partial charge in [-0.15, -0.1) is 0 Å². The lowest BCUT2D eigenvalue weighted by atomic mass is 10.1. The Morgan fingerprint density at radius 3 is 2.06 bits per heavy atom. The quantitative estimate of drug-likeness (QED) is 0.430. The number of nitrogens with one attached hydrogen (secondary N) is 3. The van der Waals surface area contributed by atoms with Gasteiger partial charge in [0.1, 0.15) is 0 Å². The van der Waals surface area contributed by atoms with E-state index in [-0.39, 0.29) is 30.8 Å². The van der Waals surface area contributed by atoms with Crippen molar-refractivity contribution in [2.24, 2.45) is 11.7 Å². The van der Waals surface area contributed by atoms with Gasteiger partial charge in [-0.05, 0) is 5.92 Å². The van der Waals surface area contributed by atoms with Crippen molar-refractivity contribution in [1.82, 2.24) is 16.0 Å². The summed E-state index contributed by atoms with van der Waals surface area (Å²) in [6.07, 6.45) is 0. The van der Waals surface area contributed by atoms with Crippen LogP contribution in [0.1, 0.15) is 13.8 Å². The highest BCUT2D eigenvalue weighted by Gasteiger charge is 2.17. The third-order valence-electron chi connectivity index (χ3n) is 2.17. The first-order chi connectivity index (χ1) is 7.88. The second kappa shape index (κ2) is 7.61. The molecular weight excluding hydrogens is 224 g/mol. The van der Waals surface area contributed by atoms with Gasteiger partial charge in [0.25, 0.3) is 0 Å². The number of amides is 3. The van der Waals surface area contributed by atoms with Crippen LogP contribution in [0.5, 0.6) is 0 Å². The Hall–Kier alpha value is -1.63. The molecule has 3 amide bonds. The van der Waals surface area contributed by atoms with Gasteiger partial charge in [0.2, 0.25) is 17.7 Å². The molecule has 98 valence electrons. The van der Waals surface area contributed by atoms with Crippen LogP contribution in [0.15, 0.2) is 0 Å². The highest BCUT2D eigenvalue weighted by Crippen LogP contribution is 1.97. The van der Waals surface area contributed by atoms with Crippen molar-refractivity contribution in [3.8, 4) is 0 Å². The molecule has 7 nitrogen and oxygen atoms in total. The zero-order valence-corrected chi connectivity index (χ0v) is 10.4. The molecule has 0 aromatic carbocycles. The average molecular weight is 244 g/mol. The molecule has 0 saturated heterocycles. The summed E-state index contributed by atoms with van der Waals surface area (Å²) in [4.78, 5) is 33.4. The molecule has 7 heteroatoms. The lowest BCUT2D eigenvalue weighted by Gasteiger charge is -2.14. The minimum absolute atomic E-state index is 0.00364. The van der Waals surface area contributed by atoms with Crippen LogP contribution >= 0.6 is 0 Å². The first kappa shape index (κ1) is 15.4. The Bertz CT molecular complexity index is 291. The van der Waals surface area contributed by atoms with E-state index in [0.717, 1.165) is 0 Å². The van der Waals surface area contributed by atoms with Gasteiger partial charge in [0, 0.05) is 7.05 Å². The molecule has 0 bridgehead atoms. The van der Waals surface area contributed by atoms with Crippen molar-refractivity contribution in [2.75, 3.05) is 20.1 Å². The molecule has 0 spiro atoms. The maximum atomic E-state index is 11.4. The van der Waals surface area contributed by atoms with Crippen molar-refractivity contribution in [1.29, 1.82) is 0 Å². The summed E-state index contributed by atoms with van der Waals surface area (Å²) in [6, 6.07) is -0.637. The number of likely N-dealkylation sites (N-methyl/N-ethyl adjacent to an activating group) is 1. The number of rotatable bonds is 6. The highest BCUT2D eigenvalue weighted by atomic mass is 16.2. The average Bonchev–Trinajstić information content (AvgIpc) is 2.31. The lowest BCUT2D eigenvalue weighted by molar-refractivity contribution is -0.128. The molecule has 17 heavy (non-hydrogen) atoms. The molecule has 0 unspecified atom stereocenters. The summed E-state index contributed by atoms with van der Waals surface area (Å²) in [5.74, 6) is -1.11. The molecule has 0 heterocycles. The van der Waals surface area contributed by atoms with E-state index in [1.165, 1.54) is 7.05 Å². The fraction of sp³-hybridized carbons (Fsp3) is 0.700. The van der Waals surface area contributed by atoms with Crippen LogP contribution in [-0.2, 0) is 14.4 Å². The van der Waals surface area contributed by atoms with Gasteiger partial charge >= 0.3 is 0 Å². The molecule has 0 aliphatic heterocycles. The minimum atomic E-state index is -0.637. The fourth-order valence-electron chi connectivity index (χ4n) is 0.918. The molecule has 0 aromatic heterocycles. The summed E-state index contributed by atoms with van der Waals surface area (Å²) < 4.78 is 0. The Balaban J connectivity index is 3.84. The Morgan fingerprint density at radius 2 is 1.59 bits per heavy atom. The lowest BCUT2D eigenvalue weighted by Crippen LogP contribution is -2.48. The van der Waals surface area contributed by atoms with Gasteiger partial charge in [-0.2, -0.15) is 0 Å². The Kier molecular flexibility index (Phi) is 6.88. The molecule has 0 aliphatic rings. The third kappa shape index (κ3) is 6.52. The number of carbonyl (C=O) groups excluding carboxylic acids is 3. The normalized spacial score (nSPS) is 11.8. The van der Waals surface area contributed by atoms with Crippen LogP contribution in [0.2, 0.25) is 0 Å². The largest absolute Gasteiger partial charge is 0.358 e. The van der Waals surface area contributed by atoms with Gasteiger partial charge in [-0.3, -0.25) is 14.4 Å². The van der Waals surface area contributed by atoms with Gasteiger partial charge in [-0.1, -0.05) is 13.8 Å². The monoisotopic (exact) mass is 244 g/mol. The van der Waals surface area contributed by atoms with Crippen molar-refractivity contribution in [2.45, 2.75) is 19.9 Å². The number of carbonyl (C=O) groups is 3. The van der Waals surface area contributed by atoms with Crippen molar-refractivity contribution in [3.05, 3.63) is 0 Å². The Morgan fingerprint density at radius 1 is 1.06 bits per heavy atom. The van der Waals surface area contributed by atoms with Gasteiger partial charge in [0.05, 0.1) is 19.1 Å². The van der Waals surface area contributed by atoms with Crippen LogP contribution in [0.3, 0.4) is 0 Å². The van der Waals surface area contributed by atoms with Crippen molar-refractivity contribution in [3.63, 3.8) is 0 Å². The SMILES string of the molecule is CNC(=O)CNC(=O)CNC(=O)[C@@H](N)C(C)C. The summed E-state index contributed by atoms with van der Waals surface area (Å²) in [6.45, 7) is 3.34. The fourth-order valence-corrected chi connectivity index (χ4v) is 0.918. The van der Waals surface area contributed by atoms with E-state index in [2.05, 4.69) is 16.0 Å². The van der Waals surface area contributed by atoms with E-state index in [1.54, 1.807) is 0 Å². The molecule has 0 rings (SSSR count). The summed E-state index contributed by atoms with van der Waals surface area (Å²) in [5.41, 5.74) is 5.58. The van der Waals surface area contributed by atoms with E-state index in [0.29, 0.717) is 0 Å². The van der Waals surface area contributed by atoms with Gasteiger partial charge in [0.15, 0.2) is 0 Å². The maximum Gasteiger partial charge on any atom is 0.239 e. The third-order valence-corrected chi connectivity index (χ3v) is 2.17. The first-order valence-electron chi connectivity index (χ1n) is 5.39. The summed E-state index contributed by atoms with van der Waals surface area (Å²) in [5, 5.41) is 7.11. The summed E-state index contributed by atoms with van der Waals surface area (Å²) in [7, 11) is 1.47. The Labute approximate surface area is 100 Å². The standard InChI is InChI=1S/C10H20N4O3/c1-6(2)9(11)10(17)14-5-8(16)13-4-7(15)12-3/h6,9H,4-5,11H2,1-3H3,(H,12,15)(H,13,16)(H,14,17)/t9-/m0/s1. The smallest absolute Gasteiger partial charge is 0.239 e. The molecule has 5 N–H and O–H groups in total. The molecule has 0 aliphatic carbocycles. The number of hydrogen-bond acceptors (Lipinski definition) is 4. The molecule has 0 radical (unpaired) electrons. The topological polar surface area (TPSA) is 113 Å². The van der Waals surface area contributed by atoms with Crippen LogP contribution in [0.4, 0.5) is 0 Å². The van der Waals surface area contributed by atoms with Crippen LogP contribution in [0, 0.1) is 5.92 Å². The van der Waals surface area contributed by atoms with Crippen molar-refractivity contribution >= 4 is 17.7 Å². The van der Waals surface area contributed by atoms with Crippen molar-refractivity contribution < 1.29 is 14.4 Å². The second-order valence-electron chi connectivity index (χ2n) is 3.94. The molecular formula is C10H20N4O3. The van der Waals surface area contributed by atoms with Crippen LogP contribution in [-0.4, -0.2) is 43.9 Å². The first-order valence-corrected chi connectivity index (χ1v) is 5.39. The van der Waals surface area contributed by atoms with Gasteiger partial charge in [-0.25, -0.2) is 0 Å². The van der Waals surface area contributed by atoms with Gasteiger partial charge < -0.3 is 21.7 Å². The molecule has 0 saturated carbocycles. The molecule has 1 atom stereocenters. The van der Waals surface area contributed by atoms with E-state index in [1.807, 2.05) is 13.8 Å². The van der Waals surface area contributed by atoms with Crippen LogP contribution < -0.4 is 21.7 Å². The summed E-state index contributed by atoms with van der Waals surface area (Å²) >= 11 is 0. The zero-order valence-electron chi connectivity index (χ0n) is 10.4. The number of hydrogen-bond donors (Lipinski definition) is 4. The predicted molar refractivity (Wildman–Crippen MR) is 62.9 cm³/mol. The van der Waals surface area contributed by atoms with E-state index in [9.17, 15) is 14.4 Å². The minimum Gasteiger partial charge on any atom is -0.358 e. The van der Waals surface area contributed by atoms with Crippen LogP contribution in [0.25, 0.3) is 0 Å². The molecule has 0 aromatic rings. The van der Waals surface area contributed by atoms with E-state index in [4.69, 9.17) is 5.73 Å². The zero-order chi connectivity index (χ0) is 13.4. The number of nitrogens with two attached hydrogens (primary N) is 1. The molecule has 0 fully saturated rings. The second-order valence-corrected chi connectivity index (χ2v) is 3.94. The maximum absolute atomic E-state index is 11.4. The van der Waals surface area contributed by atoms with E-state index < -0.39 is 11.9 Å². The highest BCUT2D eigenvalue weighted by molar-refractivity contribution is 5.89. The van der Waals surface area contributed by atoms with E-state index >= 15 is 0 Å².